The van der Waals surface area contributed by atoms with Crippen LogP contribution in [-0.2, 0) is 10.8 Å². The van der Waals surface area contributed by atoms with E-state index in [1.807, 2.05) is 6.92 Å². The van der Waals surface area contributed by atoms with Crippen LogP contribution in [0.3, 0.4) is 0 Å². The highest BCUT2D eigenvalue weighted by atomic mass is 32.2. The van der Waals surface area contributed by atoms with Crippen LogP contribution in [0, 0.1) is 5.82 Å². The van der Waals surface area contributed by atoms with Crippen molar-refractivity contribution in [2.24, 2.45) is 0 Å². The van der Waals surface area contributed by atoms with Gasteiger partial charge in [-0.2, -0.15) is 0 Å². The van der Waals surface area contributed by atoms with Crippen LogP contribution < -0.4 is 10.1 Å². The largest absolute Gasteiger partial charge is 0.491 e. The average molecular weight is 289 g/mol. The van der Waals surface area contributed by atoms with Crippen LogP contribution in [0.1, 0.15) is 6.92 Å². The molecular formula is C13H20FNO3S. The Morgan fingerprint density at radius 3 is 2.58 bits per heavy atom. The molecule has 0 saturated heterocycles. The van der Waals surface area contributed by atoms with Crippen LogP contribution >= 0.6 is 0 Å². The number of ether oxygens (including phenoxy) is 1. The Morgan fingerprint density at radius 1 is 1.37 bits per heavy atom. The standard InChI is InChI=1S/C13H20FNO3S/c1-10(19(2)17)7-15-8-12(16)9-18-13-5-3-11(14)4-6-13/h3-6,10,12,15-16H,7-9H2,1-2H3. The van der Waals surface area contributed by atoms with Crippen molar-refractivity contribution in [3.05, 3.63) is 30.1 Å². The molecule has 0 aliphatic carbocycles. The molecule has 0 aliphatic rings. The molecule has 0 heterocycles. The molecule has 0 spiro atoms. The summed E-state index contributed by atoms with van der Waals surface area (Å²) in [6, 6.07) is 5.63. The molecule has 0 fully saturated rings. The Hall–Kier alpha value is -0.980. The maximum absolute atomic E-state index is 12.7. The molecule has 19 heavy (non-hydrogen) atoms. The van der Waals surface area contributed by atoms with Crippen molar-refractivity contribution in [3.63, 3.8) is 0 Å². The fourth-order valence-electron chi connectivity index (χ4n) is 1.35. The van der Waals surface area contributed by atoms with Gasteiger partial charge in [0.25, 0.3) is 0 Å². The Bertz CT molecular complexity index is 399. The fourth-order valence-corrected chi connectivity index (χ4v) is 1.71. The van der Waals surface area contributed by atoms with E-state index in [1.54, 1.807) is 6.26 Å². The summed E-state index contributed by atoms with van der Waals surface area (Å²) in [5, 5.41) is 12.8. The monoisotopic (exact) mass is 289 g/mol. The summed E-state index contributed by atoms with van der Waals surface area (Å²) in [6.45, 7) is 2.95. The van der Waals surface area contributed by atoms with E-state index in [1.165, 1.54) is 24.3 Å². The summed E-state index contributed by atoms with van der Waals surface area (Å²) < 4.78 is 29.1. The quantitative estimate of drug-likeness (QED) is 0.747. The Balaban J connectivity index is 2.19. The zero-order chi connectivity index (χ0) is 14.3. The predicted molar refractivity (Wildman–Crippen MR) is 74.3 cm³/mol. The minimum Gasteiger partial charge on any atom is -0.491 e. The minimum absolute atomic E-state index is 0.0465. The second-order valence-electron chi connectivity index (χ2n) is 4.39. The molecule has 2 N–H and O–H groups in total. The SMILES string of the molecule is CC(CNCC(O)COc1ccc(F)cc1)S(C)=O. The van der Waals surface area contributed by atoms with Crippen molar-refractivity contribution in [1.29, 1.82) is 0 Å². The molecule has 0 aromatic heterocycles. The molecule has 1 rings (SSSR count). The van der Waals surface area contributed by atoms with Gasteiger partial charge in [-0.1, -0.05) is 0 Å². The smallest absolute Gasteiger partial charge is 0.123 e. The van der Waals surface area contributed by atoms with Gasteiger partial charge in [0.2, 0.25) is 0 Å². The summed E-state index contributed by atoms with van der Waals surface area (Å²) in [7, 11) is -0.872. The molecule has 1 aromatic rings. The van der Waals surface area contributed by atoms with Gasteiger partial charge in [0.15, 0.2) is 0 Å². The molecular weight excluding hydrogens is 269 g/mol. The van der Waals surface area contributed by atoms with Crippen LogP contribution in [0.5, 0.6) is 5.75 Å². The number of benzene rings is 1. The van der Waals surface area contributed by atoms with Gasteiger partial charge < -0.3 is 15.2 Å². The number of hydrogen-bond donors (Lipinski definition) is 2. The lowest BCUT2D eigenvalue weighted by molar-refractivity contribution is 0.106. The summed E-state index contributed by atoms with van der Waals surface area (Å²) in [5.41, 5.74) is 0. The number of aliphatic hydroxyl groups excluding tert-OH is 1. The van der Waals surface area contributed by atoms with E-state index in [-0.39, 0.29) is 17.7 Å². The topological polar surface area (TPSA) is 58.6 Å². The average Bonchev–Trinajstić information content (AvgIpc) is 2.37. The first-order chi connectivity index (χ1) is 8.99. The van der Waals surface area contributed by atoms with E-state index in [2.05, 4.69) is 5.32 Å². The van der Waals surface area contributed by atoms with Gasteiger partial charge in [0.05, 0.1) is 0 Å². The van der Waals surface area contributed by atoms with Crippen molar-refractivity contribution in [2.75, 3.05) is 26.0 Å². The molecule has 4 nitrogen and oxygen atoms in total. The highest BCUT2D eigenvalue weighted by Gasteiger charge is 2.08. The number of halogens is 1. The number of hydrogen-bond acceptors (Lipinski definition) is 4. The first-order valence-electron chi connectivity index (χ1n) is 6.08. The summed E-state index contributed by atoms with van der Waals surface area (Å²) in [6.07, 6.45) is 0.989. The van der Waals surface area contributed by atoms with Gasteiger partial charge in [0, 0.05) is 35.4 Å². The van der Waals surface area contributed by atoms with Gasteiger partial charge in [-0.05, 0) is 31.2 Å². The molecule has 0 amide bonds. The highest BCUT2D eigenvalue weighted by Crippen LogP contribution is 2.11. The summed E-state index contributed by atoms with van der Waals surface area (Å²) >= 11 is 0. The predicted octanol–water partition coefficient (Wildman–Crippen LogP) is 0.922. The lowest BCUT2D eigenvalue weighted by Gasteiger charge is -2.15. The number of aliphatic hydroxyl groups is 1. The maximum Gasteiger partial charge on any atom is 0.123 e. The van der Waals surface area contributed by atoms with Crippen molar-refractivity contribution in [1.82, 2.24) is 5.32 Å². The molecule has 3 atom stereocenters. The first-order valence-corrected chi connectivity index (χ1v) is 7.70. The third-order valence-corrected chi connectivity index (χ3v) is 3.93. The van der Waals surface area contributed by atoms with E-state index in [0.717, 1.165) is 0 Å². The van der Waals surface area contributed by atoms with E-state index in [0.29, 0.717) is 18.8 Å². The molecule has 0 bridgehead atoms. The van der Waals surface area contributed by atoms with Crippen molar-refractivity contribution < 1.29 is 18.4 Å². The molecule has 0 saturated carbocycles. The second kappa shape index (κ2) is 8.24. The third-order valence-electron chi connectivity index (χ3n) is 2.63. The van der Waals surface area contributed by atoms with Crippen LogP contribution in [0.25, 0.3) is 0 Å². The van der Waals surface area contributed by atoms with E-state index < -0.39 is 16.9 Å². The number of nitrogens with one attached hydrogen (secondary N) is 1. The van der Waals surface area contributed by atoms with Gasteiger partial charge in [0.1, 0.15) is 24.3 Å². The fraction of sp³-hybridized carbons (Fsp3) is 0.538. The van der Waals surface area contributed by atoms with Crippen molar-refractivity contribution in [3.8, 4) is 5.75 Å². The summed E-state index contributed by atoms with van der Waals surface area (Å²) in [4.78, 5) is 0. The van der Waals surface area contributed by atoms with Crippen molar-refractivity contribution >= 4 is 10.8 Å². The molecule has 0 radical (unpaired) electrons. The van der Waals surface area contributed by atoms with Crippen LogP contribution in [0.2, 0.25) is 0 Å². The Labute approximate surface area is 115 Å². The number of rotatable bonds is 8. The highest BCUT2D eigenvalue weighted by molar-refractivity contribution is 7.84. The first kappa shape index (κ1) is 16.1. The maximum atomic E-state index is 12.7. The lowest BCUT2D eigenvalue weighted by Crippen LogP contribution is -2.36. The zero-order valence-electron chi connectivity index (χ0n) is 11.1. The molecule has 1 aromatic carbocycles. The van der Waals surface area contributed by atoms with Gasteiger partial charge in [-0.3, -0.25) is 4.21 Å². The van der Waals surface area contributed by atoms with Crippen LogP contribution in [0.4, 0.5) is 4.39 Å². The molecule has 108 valence electrons. The van der Waals surface area contributed by atoms with Crippen LogP contribution in [0.15, 0.2) is 24.3 Å². The van der Waals surface area contributed by atoms with E-state index in [4.69, 9.17) is 4.74 Å². The minimum atomic E-state index is -0.872. The van der Waals surface area contributed by atoms with Gasteiger partial charge in [-0.15, -0.1) is 0 Å². The third kappa shape index (κ3) is 6.66. The molecule has 3 unspecified atom stereocenters. The second-order valence-corrected chi connectivity index (χ2v) is 6.19. The zero-order valence-corrected chi connectivity index (χ0v) is 12.0. The molecule has 6 heteroatoms. The van der Waals surface area contributed by atoms with Gasteiger partial charge in [-0.25, -0.2) is 4.39 Å². The molecule has 0 aliphatic heterocycles. The van der Waals surface area contributed by atoms with Crippen molar-refractivity contribution in [2.45, 2.75) is 18.3 Å². The normalized spacial score (nSPS) is 15.8. The van der Waals surface area contributed by atoms with Crippen LogP contribution in [-0.4, -0.2) is 46.6 Å². The summed E-state index contributed by atoms with van der Waals surface area (Å²) in [5.74, 6) is 0.194. The Kier molecular flexibility index (Phi) is 6.97. The Morgan fingerprint density at radius 2 is 2.00 bits per heavy atom. The lowest BCUT2D eigenvalue weighted by atomic mass is 10.3. The van der Waals surface area contributed by atoms with E-state index in [9.17, 15) is 13.7 Å². The van der Waals surface area contributed by atoms with Gasteiger partial charge >= 0.3 is 0 Å². The van der Waals surface area contributed by atoms with E-state index >= 15 is 0 Å².